The minimum Gasteiger partial charge on any atom is -0.494 e. The molecule has 0 aliphatic rings. The zero-order chi connectivity index (χ0) is 17.5. The van der Waals surface area contributed by atoms with Crippen LogP contribution in [0.15, 0.2) is 36.4 Å². The monoisotopic (exact) mass is 329 g/mol. The number of hydrogen-bond acceptors (Lipinski definition) is 5. The van der Waals surface area contributed by atoms with Crippen LogP contribution in [0.3, 0.4) is 0 Å². The van der Waals surface area contributed by atoms with Crippen LogP contribution in [0, 0.1) is 0 Å². The van der Waals surface area contributed by atoms with Crippen molar-refractivity contribution in [3.63, 3.8) is 0 Å². The molecular weight excluding hydrogens is 306 g/mol. The third kappa shape index (κ3) is 3.98. The van der Waals surface area contributed by atoms with Gasteiger partial charge in [0.1, 0.15) is 22.8 Å². The van der Waals surface area contributed by atoms with E-state index in [0.717, 1.165) is 0 Å². The first-order valence-corrected chi connectivity index (χ1v) is 8.07. The van der Waals surface area contributed by atoms with E-state index in [1.165, 1.54) is 0 Å². The lowest BCUT2D eigenvalue weighted by Gasteiger charge is -2.17. The summed E-state index contributed by atoms with van der Waals surface area (Å²) in [5.74, 6) is 1.34. The predicted octanol–water partition coefficient (Wildman–Crippen LogP) is 3.70. The largest absolute Gasteiger partial charge is 0.494 e. The van der Waals surface area contributed by atoms with Crippen LogP contribution in [0.2, 0.25) is 0 Å². The second kappa shape index (κ2) is 8.24. The number of anilines is 1. The van der Waals surface area contributed by atoms with Crippen molar-refractivity contribution in [1.82, 2.24) is 0 Å². The van der Waals surface area contributed by atoms with Gasteiger partial charge in [-0.1, -0.05) is 0 Å². The molecule has 128 valence electrons. The lowest BCUT2D eigenvalue weighted by Crippen LogP contribution is -2.10. The van der Waals surface area contributed by atoms with Gasteiger partial charge in [-0.15, -0.1) is 0 Å². The highest BCUT2D eigenvalue weighted by Gasteiger charge is 2.22. The Balaban J connectivity index is 2.55. The van der Waals surface area contributed by atoms with Crippen molar-refractivity contribution in [2.24, 2.45) is 0 Å². The van der Waals surface area contributed by atoms with Crippen LogP contribution in [-0.4, -0.2) is 25.6 Å². The van der Waals surface area contributed by atoms with E-state index < -0.39 is 0 Å². The molecule has 0 fully saturated rings. The summed E-state index contributed by atoms with van der Waals surface area (Å²) >= 11 is 0. The minimum absolute atomic E-state index is 0.176. The fourth-order valence-electron chi connectivity index (χ4n) is 2.36. The van der Waals surface area contributed by atoms with E-state index in [4.69, 9.17) is 19.9 Å². The molecule has 2 N–H and O–H groups in total. The number of nitrogens with two attached hydrogens (primary N) is 1. The number of ketones is 1. The SMILES string of the molecule is CCOc1cc(OCC)c(C(=O)c2ccc(N)cc2)c(OCC)c1. The zero-order valence-electron chi connectivity index (χ0n) is 14.3. The van der Waals surface area contributed by atoms with E-state index in [-0.39, 0.29) is 5.78 Å². The summed E-state index contributed by atoms with van der Waals surface area (Å²) in [5, 5.41) is 0. The number of carbonyl (C=O) groups is 1. The third-order valence-corrected chi connectivity index (χ3v) is 3.35. The smallest absolute Gasteiger partial charge is 0.200 e. The standard InChI is InChI=1S/C19H23NO4/c1-4-22-15-11-16(23-5-2)18(17(12-15)24-6-3)19(21)13-7-9-14(20)10-8-13/h7-12H,4-6,20H2,1-3H3. The Labute approximate surface area is 142 Å². The molecule has 2 rings (SSSR count). The Morgan fingerprint density at radius 1 is 0.875 bits per heavy atom. The summed E-state index contributed by atoms with van der Waals surface area (Å²) in [6, 6.07) is 10.2. The van der Waals surface area contributed by atoms with Crippen LogP contribution in [-0.2, 0) is 0 Å². The molecule has 24 heavy (non-hydrogen) atoms. The molecule has 2 aromatic rings. The van der Waals surface area contributed by atoms with Gasteiger partial charge in [0.25, 0.3) is 0 Å². The van der Waals surface area contributed by atoms with Crippen molar-refractivity contribution in [3.05, 3.63) is 47.5 Å². The van der Waals surface area contributed by atoms with E-state index in [1.54, 1.807) is 36.4 Å². The van der Waals surface area contributed by atoms with Gasteiger partial charge >= 0.3 is 0 Å². The predicted molar refractivity (Wildman–Crippen MR) is 94.2 cm³/mol. The van der Waals surface area contributed by atoms with Gasteiger partial charge in [-0.2, -0.15) is 0 Å². The maximum Gasteiger partial charge on any atom is 0.200 e. The second-order valence-corrected chi connectivity index (χ2v) is 5.04. The fourth-order valence-corrected chi connectivity index (χ4v) is 2.36. The molecule has 0 aromatic heterocycles. The lowest BCUT2D eigenvalue weighted by molar-refractivity contribution is 0.103. The summed E-state index contributed by atoms with van der Waals surface area (Å²) in [6.07, 6.45) is 0. The first kappa shape index (κ1) is 17.7. The molecule has 0 bridgehead atoms. The van der Waals surface area contributed by atoms with E-state index in [9.17, 15) is 4.79 Å². The van der Waals surface area contributed by atoms with Gasteiger partial charge in [-0.25, -0.2) is 0 Å². The third-order valence-electron chi connectivity index (χ3n) is 3.35. The van der Waals surface area contributed by atoms with Crippen molar-refractivity contribution in [3.8, 4) is 17.2 Å². The molecule has 0 aliphatic carbocycles. The Kier molecular flexibility index (Phi) is 6.07. The first-order valence-electron chi connectivity index (χ1n) is 8.07. The summed E-state index contributed by atoms with van der Waals surface area (Å²) in [7, 11) is 0. The molecule has 0 atom stereocenters. The summed E-state index contributed by atoms with van der Waals surface area (Å²) in [5.41, 5.74) is 7.22. The quantitative estimate of drug-likeness (QED) is 0.591. The van der Waals surface area contributed by atoms with Crippen molar-refractivity contribution < 1.29 is 19.0 Å². The normalized spacial score (nSPS) is 10.3. The van der Waals surface area contributed by atoms with E-state index >= 15 is 0 Å². The van der Waals surface area contributed by atoms with Gasteiger partial charge in [-0.3, -0.25) is 4.79 Å². The average Bonchev–Trinajstić information content (AvgIpc) is 2.56. The molecule has 5 heteroatoms. The van der Waals surface area contributed by atoms with E-state index in [1.807, 2.05) is 20.8 Å². The maximum absolute atomic E-state index is 13.0. The number of benzene rings is 2. The van der Waals surface area contributed by atoms with Crippen LogP contribution < -0.4 is 19.9 Å². The zero-order valence-corrected chi connectivity index (χ0v) is 14.3. The Bertz CT molecular complexity index is 668. The van der Waals surface area contributed by atoms with Gasteiger partial charge < -0.3 is 19.9 Å². The van der Waals surface area contributed by atoms with Crippen LogP contribution in [0.4, 0.5) is 5.69 Å². The number of nitrogen functional groups attached to an aromatic ring is 1. The van der Waals surface area contributed by atoms with Gasteiger partial charge in [0.05, 0.1) is 19.8 Å². The van der Waals surface area contributed by atoms with E-state index in [2.05, 4.69) is 0 Å². The maximum atomic E-state index is 13.0. The van der Waals surface area contributed by atoms with Gasteiger partial charge in [0, 0.05) is 23.4 Å². The molecule has 0 radical (unpaired) electrons. The van der Waals surface area contributed by atoms with Crippen LogP contribution >= 0.6 is 0 Å². The average molecular weight is 329 g/mol. The number of ether oxygens (including phenoxy) is 3. The molecule has 0 unspecified atom stereocenters. The number of hydrogen-bond donors (Lipinski definition) is 1. The number of rotatable bonds is 8. The van der Waals surface area contributed by atoms with Crippen molar-refractivity contribution >= 4 is 11.5 Å². The fraction of sp³-hybridized carbons (Fsp3) is 0.316. The van der Waals surface area contributed by atoms with Gasteiger partial charge in [0.15, 0.2) is 0 Å². The molecule has 2 aromatic carbocycles. The first-order chi connectivity index (χ1) is 11.6. The van der Waals surface area contributed by atoms with Crippen LogP contribution in [0.5, 0.6) is 17.2 Å². The Morgan fingerprint density at radius 2 is 1.38 bits per heavy atom. The molecule has 0 saturated carbocycles. The molecule has 0 spiro atoms. The molecule has 0 heterocycles. The van der Waals surface area contributed by atoms with Crippen molar-refractivity contribution in [2.75, 3.05) is 25.6 Å². The highest BCUT2D eigenvalue weighted by molar-refractivity contribution is 6.12. The summed E-state index contributed by atoms with van der Waals surface area (Å²) < 4.78 is 16.9. The molecule has 0 saturated heterocycles. The van der Waals surface area contributed by atoms with Gasteiger partial charge in [-0.05, 0) is 45.0 Å². The van der Waals surface area contributed by atoms with Crippen LogP contribution in [0.1, 0.15) is 36.7 Å². The van der Waals surface area contributed by atoms with Gasteiger partial charge in [0.2, 0.25) is 5.78 Å². The van der Waals surface area contributed by atoms with Crippen molar-refractivity contribution in [1.29, 1.82) is 0 Å². The highest BCUT2D eigenvalue weighted by Crippen LogP contribution is 2.36. The molecule has 5 nitrogen and oxygen atoms in total. The summed E-state index contributed by atoms with van der Waals surface area (Å²) in [6.45, 7) is 7.01. The Hall–Kier alpha value is -2.69. The number of carbonyl (C=O) groups excluding carboxylic acids is 1. The van der Waals surface area contributed by atoms with E-state index in [0.29, 0.717) is 53.9 Å². The summed E-state index contributed by atoms with van der Waals surface area (Å²) in [4.78, 5) is 13.0. The molecule has 0 aliphatic heterocycles. The highest BCUT2D eigenvalue weighted by atomic mass is 16.5. The molecule has 0 amide bonds. The lowest BCUT2D eigenvalue weighted by atomic mass is 10.0. The second-order valence-electron chi connectivity index (χ2n) is 5.04. The van der Waals surface area contributed by atoms with Crippen molar-refractivity contribution in [2.45, 2.75) is 20.8 Å². The Morgan fingerprint density at radius 3 is 1.83 bits per heavy atom. The molecular formula is C19H23NO4. The van der Waals surface area contributed by atoms with Crippen LogP contribution in [0.25, 0.3) is 0 Å². The topological polar surface area (TPSA) is 70.8 Å². The minimum atomic E-state index is -0.176.